The van der Waals surface area contributed by atoms with E-state index in [1.165, 1.54) is 14.2 Å². The van der Waals surface area contributed by atoms with E-state index in [0.29, 0.717) is 25.1 Å². The lowest BCUT2D eigenvalue weighted by atomic mass is 10.1. The topological polar surface area (TPSA) is 144 Å². The van der Waals surface area contributed by atoms with Crippen LogP contribution in [0.4, 0.5) is 15.3 Å². The van der Waals surface area contributed by atoms with Crippen LogP contribution in [0.15, 0.2) is 24.3 Å². The molecule has 0 aliphatic heterocycles. The molecule has 1 aromatic carbocycles. The van der Waals surface area contributed by atoms with Gasteiger partial charge in [0.15, 0.2) is 0 Å². The second kappa shape index (κ2) is 12.5. The first-order valence-electron chi connectivity index (χ1n) is 8.46. The van der Waals surface area contributed by atoms with Crippen LogP contribution in [0.2, 0.25) is 0 Å². The van der Waals surface area contributed by atoms with Crippen LogP contribution < -0.4 is 27.0 Å². The molecule has 0 spiro atoms. The average Bonchev–Trinajstić information content (AvgIpc) is 2.66. The quantitative estimate of drug-likeness (QED) is 0.279. The fourth-order valence-corrected chi connectivity index (χ4v) is 2.16. The van der Waals surface area contributed by atoms with Crippen LogP contribution in [-0.2, 0) is 20.9 Å². The van der Waals surface area contributed by atoms with Gasteiger partial charge in [-0.15, -0.1) is 0 Å². The summed E-state index contributed by atoms with van der Waals surface area (Å²) in [4.78, 5) is 34.2. The van der Waals surface area contributed by atoms with E-state index in [-0.39, 0.29) is 19.2 Å². The van der Waals surface area contributed by atoms with E-state index in [0.717, 1.165) is 5.56 Å². The molecule has 0 fully saturated rings. The van der Waals surface area contributed by atoms with Gasteiger partial charge in [0.1, 0.15) is 6.61 Å². The molecule has 0 aliphatic carbocycles. The maximum Gasteiger partial charge on any atom is 0.407 e. The monoisotopic (exact) mass is 381 g/mol. The number of hydrogen-bond acceptors (Lipinski definition) is 6. The lowest BCUT2D eigenvalue weighted by molar-refractivity contribution is -0.118. The zero-order valence-corrected chi connectivity index (χ0v) is 15.5. The molecule has 10 heteroatoms. The number of nitrogens with one attached hydrogen (secondary N) is 4. The van der Waals surface area contributed by atoms with Crippen LogP contribution in [0.3, 0.4) is 0 Å². The van der Waals surface area contributed by atoms with Gasteiger partial charge in [-0.05, 0) is 30.5 Å². The van der Waals surface area contributed by atoms with E-state index in [1.54, 1.807) is 24.3 Å². The summed E-state index contributed by atoms with van der Waals surface area (Å²) in [6.45, 7) is 0.740. The molecule has 0 radical (unpaired) electrons. The van der Waals surface area contributed by atoms with E-state index < -0.39 is 18.2 Å². The van der Waals surface area contributed by atoms with Crippen molar-refractivity contribution in [3.8, 4) is 0 Å². The summed E-state index contributed by atoms with van der Waals surface area (Å²) in [7, 11) is 3.01. The number of hydrogen-bond donors (Lipinski definition) is 5. The molecule has 1 atom stereocenters. The molecule has 1 rings (SSSR count). The summed E-state index contributed by atoms with van der Waals surface area (Å²) < 4.78 is 9.91. The van der Waals surface area contributed by atoms with Crippen molar-refractivity contribution < 1.29 is 23.9 Å². The SMILES string of the molecule is CNC(=O)OCc1ccc(NC(=O)[C@H](CCCNC(N)=O)NCOC)cc1. The molecule has 0 unspecified atom stereocenters. The minimum Gasteiger partial charge on any atom is -0.445 e. The number of methoxy groups -OCH3 is 1. The Hall–Kier alpha value is -2.85. The first kappa shape index (κ1) is 22.2. The summed E-state index contributed by atoms with van der Waals surface area (Å²) in [5, 5.41) is 10.6. The van der Waals surface area contributed by atoms with Crippen LogP contribution in [0, 0.1) is 0 Å². The van der Waals surface area contributed by atoms with Gasteiger partial charge in [0, 0.05) is 26.4 Å². The molecule has 0 aliphatic rings. The highest BCUT2D eigenvalue weighted by molar-refractivity contribution is 5.94. The predicted octanol–water partition coefficient (Wildman–Crippen LogP) is 0.492. The van der Waals surface area contributed by atoms with Crippen LogP contribution in [0.1, 0.15) is 18.4 Å². The molecule has 0 bridgehead atoms. The Labute approximate surface area is 158 Å². The van der Waals surface area contributed by atoms with Crippen LogP contribution in [0.5, 0.6) is 0 Å². The van der Waals surface area contributed by atoms with E-state index in [4.69, 9.17) is 15.2 Å². The summed E-state index contributed by atoms with van der Waals surface area (Å²) >= 11 is 0. The number of rotatable bonds is 11. The van der Waals surface area contributed by atoms with Gasteiger partial charge in [-0.3, -0.25) is 10.1 Å². The number of nitrogens with two attached hydrogens (primary N) is 1. The van der Waals surface area contributed by atoms with Crippen LogP contribution >= 0.6 is 0 Å². The molecule has 150 valence electrons. The highest BCUT2D eigenvalue weighted by atomic mass is 16.5. The van der Waals surface area contributed by atoms with Gasteiger partial charge in [0.2, 0.25) is 5.91 Å². The first-order chi connectivity index (χ1) is 13.0. The number of ether oxygens (including phenoxy) is 2. The molecule has 4 amide bonds. The lowest BCUT2D eigenvalue weighted by Crippen LogP contribution is -2.42. The Morgan fingerprint density at radius 1 is 1.19 bits per heavy atom. The third-order valence-corrected chi connectivity index (χ3v) is 3.55. The normalized spacial score (nSPS) is 11.3. The van der Waals surface area contributed by atoms with Gasteiger partial charge in [0.25, 0.3) is 0 Å². The third-order valence-electron chi connectivity index (χ3n) is 3.55. The maximum absolute atomic E-state index is 12.5. The number of amides is 4. The molecular formula is C17H27N5O5. The highest BCUT2D eigenvalue weighted by Gasteiger charge is 2.17. The van der Waals surface area contributed by atoms with Gasteiger partial charge >= 0.3 is 12.1 Å². The first-order valence-corrected chi connectivity index (χ1v) is 8.46. The summed E-state index contributed by atoms with van der Waals surface area (Å²) in [5.41, 5.74) is 6.42. The largest absolute Gasteiger partial charge is 0.445 e. The van der Waals surface area contributed by atoms with E-state index in [1.807, 2.05) is 0 Å². The fraction of sp³-hybridized carbons (Fsp3) is 0.471. The van der Waals surface area contributed by atoms with Gasteiger partial charge in [-0.2, -0.15) is 0 Å². The van der Waals surface area contributed by atoms with Crippen molar-refractivity contribution in [3.63, 3.8) is 0 Å². The summed E-state index contributed by atoms with van der Waals surface area (Å²) in [6, 6.07) is 5.88. The minimum atomic E-state index is -0.596. The molecule has 6 N–H and O–H groups in total. The summed E-state index contributed by atoms with van der Waals surface area (Å²) in [5.74, 6) is -0.222. The molecule has 0 saturated carbocycles. The number of primary amides is 1. The van der Waals surface area contributed by atoms with Crippen molar-refractivity contribution in [2.75, 3.05) is 32.7 Å². The minimum absolute atomic E-state index is 0.138. The Morgan fingerprint density at radius 2 is 1.89 bits per heavy atom. The molecule has 0 aromatic heterocycles. The van der Waals surface area contributed by atoms with Gasteiger partial charge in [-0.25, -0.2) is 9.59 Å². The average molecular weight is 381 g/mol. The number of benzene rings is 1. The van der Waals surface area contributed by atoms with Crippen molar-refractivity contribution in [2.24, 2.45) is 5.73 Å². The molecule has 27 heavy (non-hydrogen) atoms. The van der Waals surface area contributed by atoms with E-state index >= 15 is 0 Å². The number of alkyl carbamates (subject to hydrolysis) is 1. The molecule has 0 heterocycles. The molecular weight excluding hydrogens is 354 g/mol. The molecule has 1 aromatic rings. The smallest absolute Gasteiger partial charge is 0.407 e. The fourth-order valence-electron chi connectivity index (χ4n) is 2.16. The van der Waals surface area contributed by atoms with Crippen LogP contribution in [0.25, 0.3) is 0 Å². The Morgan fingerprint density at radius 3 is 2.48 bits per heavy atom. The van der Waals surface area contributed by atoms with Crippen molar-refractivity contribution >= 4 is 23.7 Å². The van der Waals surface area contributed by atoms with Gasteiger partial charge < -0.3 is 31.2 Å². The lowest BCUT2D eigenvalue weighted by Gasteiger charge is -2.18. The van der Waals surface area contributed by atoms with E-state index in [2.05, 4.69) is 21.3 Å². The zero-order valence-electron chi connectivity index (χ0n) is 15.5. The standard InChI is InChI=1S/C17H27N5O5/c1-19-17(25)27-10-12-5-7-13(8-6-12)22-15(23)14(21-11-26-2)4-3-9-20-16(18)24/h5-8,14,21H,3-4,9-11H2,1-2H3,(H,19,25)(H,22,23)(H3,18,20,24)/t14-/m0/s1. The van der Waals surface area contributed by atoms with Crippen molar-refractivity contribution in [1.82, 2.24) is 16.0 Å². The second-order valence-electron chi connectivity index (χ2n) is 5.64. The zero-order chi connectivity index (χ0) is 20.1. The third kappa shape index (κ3) is 9.42. The van der Waals surface area contributed by atoms with Crippen molar-refractivity contribution in [1.29, 1.82) is 0 Å². The Kier molecular flexibility index (Phi) is 10.3. The highest BCUT2D eigenvalue weighted by Crippen LogP contribution is 2.12. The molecule has 10 nitrogen and oxygen atoms in total. The predicted molar refractivity (Wildman–Crippen MR) is 99.9 cm³/mol. The van der Waals surface area contributed by atoms with E-state index in [9.17, 15) is 14.4 Å². The summed E-state index contributed by atoms with van der Waals surface area (Å²) in [6.07, 6.45) is 0.561. The Balaban J connectivity index is 2.54. The molecule has 0 saturated heterocycles. The number of urea groups is 1. The number of carbonyl (C=O) groups excluding carboxylic acids is 3. The number of carbonyl (C=O) groups is 3. The Bertz CT molecular complexity index is 608. The van der Waals surface area contributed by atoms with Gasteiger partial charge in [0.05, 0.1) is 12.8 Å². The number of anilines is 1. The van der Waals surface area contributed by atoms with Crippen LogP contribution in [-0.4, -0.2) is 51.5 Å². The van der Waals surface area contributed by atoms with Crippen molar-refractivity contribution in [2.45, 2.75) is 25.5 Å². The van der Waals surface area contributed by atoms with Crippen molar-refractivity contribution in [3.05, 3.63) is 29.8 Å². The maximum atomic E-state index is 12.5. The second-order valence-corrected chi connectivity index (χ2v) is 5.64. The van der Waals surface area contributed by atoms with Gasteiger partial charge in [-0.1, -0.05) is 12.1 Å².